The number of hydroxylamine groups is 4. The molecule has 0 aromatic carbocycles. The normalized spacial score (nSPS) is 13.2. The summed E-state index contributed by atoms with van der Waals surface area (Å²) in [5.41, 5.74) is 4.38. The molecule has 0 aromatic rings. The Morgan fingerprint density at radius 1 is 0.660 bits per heavy atom. The number of nitrogens with one attached hydrogen (secondary N) is 1. The number of amides is 5. The molecule has 3 N–H and O–H groups in total. The van der Waals surface area contributed by atoms with Crippen LogP contribution in [0.4, 0.5) is 0 Å². The van der Waals surface area contributed by atoms with E-state index in [1.165, 1.54) is 0 Å². The van der Waals surface area contributed by atoms with Gasteiger partial charge in [-0.2, -0.15) is 0 Å². The van der Waals surface area contributed by atoms with E-state index in [4.69, 9.17) is 31.8 Å². The summed E-state index contributed by atoms with van der Waals surface area (Å²) in [4.78, 5) is 99.0. The van der Waals surface area contributed by atoms with Gasteiger partial charge in [0.1, 0.15) is 26.4 Å². The highest BCUT2D eigenvalue weighted by atomic mass is 16.7. The molecule has 0 atom stereocenters. The van der Waals surface area contributed by atoms with Crippen molar-refractivity contribution in [3.05, 3.63) is 0 Å². The minimum absolute atomic E-state index is 0.00840. The first kappa shape index (κ1) is 41.7. The molecule has 0 radical (unpaired) electrons. The van der Waals surface area contributed by atoms with E-state index in [1.54, 1.807) is 6.04 Å². The number of hydrogen-bond donors (Lipinski definition) is 2. The number of nitrogens with two attached hydrogens (primary N) is 1. The van der Waals surface area contributed by atoms with Crippen molar-refractivity contribution < 1.29 is 67.0 Å². The standard InChI is InChI=1S/C14H16N2O10.C13H17NO4.C2H3N/c17-9-1-2-10(18)15(9)25-13(21)7-23-5-6-24-8-14(22)26-16-11(19)3-4-12(16)20;1-3-5-6-12(15)10-17-8-9-18-11-13(16)14-7-4-2;1-2-3/h1-8H2;1-2H,5-11H2,(H,14,16);1H,3H2. The van der Waals surface area contributed by atoms with Crippen LogP contribution in [-0.4, -0.2) is 117 Å². The molecule has 18 heteroatoms. The van der Waals surface area contributed by atoms with E-state index in [-0.39, 0.29) is 83.6 Å². The summed E-state index contributed by atoms with van der Waals surface area (Å²) in [6, 6.07) is 1.75. The molecule has 5 amide bonds. The molecule has 2 fully saturated rings. The molecule has 0 spiro atoms. The summed E-state index contributed by atoms with van der Waals surface area (Å²) in [7, 11) is 0. The smallest absolute Gasteiger partial charge is 0.358 e. The first-order chi connectivity index (χ1) is 22.5. The van der Waals surface area contributed by atoms with Gasteiger partial charge in [-0.15, -0.1) is 28.9 Å². The summed E-state index contributed by atoms with van der Waals surface area (Å²) in [5, 5.41) is 3.25. The number of hydrogen-bond acceptors (Lipinski definition) is 15. The van der Waals surface area contributed by atoms with Crippen LogP contribution in [0.5, 0.6) is 0 Å². The van der Waals surface area contributed by atoms with Crippen molar-refractivity contribution in [2.24, 2.45) is 5.73 Å². The van der Waals surface area contributed by atoms with Crippen LogP contribution in [0.1, 0.15) is 38.5 Å². The van der Waals surface area contributed by atoms with Gasteiger partial charge in [-0.25, -0.2) is 9.59 Å². The number of carbonyl (C=O) groups is 8. The maximum atomic E-state index is 11.4. The van der Waals surface area contributed by atoms with Crippen molar-refractivity contribution in [1.82, 2.24) is 15.4 Å². The van der Waals surface area contributed by atoms with Gasteiger partial charge in [0, 0.05) is 38.5 Å². The quantitative estimate of drug-likeness (QED) is 0.0629. The molecule has 47 heavy (non-hydrogen) atoms. The summed E-state index contributed by atoms with van der Waals surface area (Å²) >= 11 is 0. The second-order valence-corrected chi connectivity index (χ2v) is 8.69. The van der Waals surface area contributed by atoms with Crippen LogP contribution in [0.25, 0.3) is 0 Å². The molecule has 2 aliphatic rings. The number of terminal acetylenes is 3. The Morgan fingerprint density at radius 2 is 1.04 bits per heavy atom. The number of Topliss-reactive ketones (excluding diaryl/α,β-unsaturated/α-hetero) is 1. The van der Waals surface area contributed by atoms with Gasteiger partial charge in [-0.3, -0.25) is 28.8 Å². The Bertz CT molecular complexity index is 1110. The van der Waals surface area contributed by atoms with E-state index >= 15 is 0 Å². The van der Waals surface area contributed by atoms with Crippen molar-refractivity contribution in [3.63, 3.8) is 0 Å². The second kappa shape index (κ2) is 26.0. The average Bonchev–Trinajstić information content (AvgIpc) is 3.53. The number of ketones is 1. The van der Waals surface area contributed by atoms with Crippen molar-refractivity contribution in [2.45, 2.75) is 38.5 Å². The molecule has 0 aromatic heterocycles. The zero-order chi connectivity index (χ0) is 35.5. The van der Waals surface area contributed by atoms with Crippen molar-refractivity contribution in [1.29, 1.82) is 0 Å². The number of ether oxygens (including phenoxy) is 4. The van der Waals surface area contributed by atoms with Gasteiger partial charge in [0.25, 0.3) is 23.6 Å². The Labute approximate surface area is 270 Å². The molecule has 0 bridgehead atoms. The van der Waals surface area contributed by atoms with Crippen molar-refractivity contribution in [3.8, 4) is 37.2 Å². The highest BCUT2D eigenvalue weighted by Crippen LogP contribution is 2.13. The fourth-order valence-corrected chi connectivity index (χ4v) is 2.95. The summed E-state index contributed by atoms with van der Waals surface area (Å²) in [5.74, 6) is 0.0812. The monoisotopic (exact) mass is 664 g/mol. The van der Waals surface area contributed by atoms with Crippen LogP contribution >= 0.6 is 0 Å². The summed E-state index contributed by atoms with van der Waals surface area (Å²) in [6.07, 6.45) is 15.1. The van der Waals surface area contributed by atoms with E-state index in [0.717, 1.165) is 0 Å². The third kappa shape index (κ3) is 20.4. The molecule has 2 aliphatic heterocycles. The highest BCUT2D eigenvalue weighted by molar-refractivity contribution is 6.02. The van der Waals surface area contributed by atoms with Crippen LogP contribution < -0.4 is 11.1 Å². The van der Waals surface area contributed by atoms with Crippen LogP contribution in [0.3, 0.4) is 0 Å². The van der Waals surface area contributed by atoms with Gasteiger partial charge < -0.3 is 39.7 Å². The van der Waals surface area contributed by atoms with E-state index in [9.17, 15) is 38.4 Å². The molecule has 0 unspecified atom stereocenters. The second-order valence-electron chi connectivity index (χ2n) is 8.69. The van der Waals surface area contributed by atoms with Crippen LogP contribution in [0, 0.1) is 37.2 Å². The van der Waals surface area contributed by atoms with E-state index in [2.05, 4.69) is 39.0 Å². The molecule has 2 rings (SSSR count). The Balaban J connectivity index is 0.000000882. The lowest BCUT2D eigenvalue weighted by molar-refractivity contribution is -0.201. The van der Waals surface area contributed by atoms with Gasteiger partial charge in [0.15, 0.2) is 5.78 Å². The van der Waals surface area contributed by atoms with Crippen LogP contribution in [0.2, 0.25) is 0 Å². The van der Waals surface area contributed by atoms with Crippen LogP contribution in [0.15, 0.2) is 0 Å². The number of rotatable bonds is 19. The first-order valence-corrected chi connectivity index (χ1v) is 13.8. The Hall–Kier alpha value is -5.32. The van der Waals surface area contributed by atoms with E-state index in [1.807, 2.05) is 0 Å². The predicted octanol–water partition coefficient (Wildman–Crippen LogP) is -2.48. The molecule has 256 valence electrons. The zero-order valence-corrected chi connectivity index (χ0v) is 25.5. The lowest BCUT2D eigenvalue weighted by Crippen LogP contribution is -2.34. The Kier molecular flexibility index (Phi) is 23.0. The van der Waals surface area contributed by atoms with Gasteiger partial charge in [0.05, 0.1) is 33.0 Å². The average molecular weight is 665 g/mol. The van der Waals surface area contributed by atoms with Gasteiger partial charge >= 0.3 is 11.9 Å². The minimum atomic E-state index is -0.931. The minimum Gasteiger partial charge on any atom is -0.371 e. The van der Waals surface area contributed by atoms with Gasteiger partial charge in [0.2, 0.25) is 5.91 Å². The third-order valence-electron chi connectivity index (χ3n) is 5.01. The van der Waals surface area contributed by atoms with E-state index in [0.29, 0.717) is 23.0 Å². The molecular weight excluding hydrogens is 628 g/mol. The lowest BCUT2D eigenvalue weighted by atomic mass is 10.2. The van der Waals surface area contributed by atoms with Gasteiger partial charge in [-0.05, 0) is 6.04 Å². The molecule has 2 saturated heterocycles. The predicted molar refractivity (Wildman–Crippen MR) is 156 cm³/mol. The SMILES string of the molecule is C#CCCC(=O)COCCOCC(=O)NCC#C.C#CN.O=C(COCCOCC(=O)ON1C(=O)CCC1=O)ON1C(=O)CCC1=O. The Morgan fingerprint density at radius 3 is 1.43 bits per heavy atom. The summed E-state index contributed by atoms with van der Waals surface area (Å²) in [6.45, 7) is -0.607. The molecule has 2 heterocycles. The topological polar surface area (TPSA) is 236 Å². The largest absolute Gasteiger partial charge is 0.371 e. The molecule has 0 aliphatic carbocycles. The maximum Gasteiger partial charge on any atom is 0.358 e. The number of imide groups is 2. The fourth-order valence-electron chi connectivity index (χ4n) is 2.95. The maximum absolute atomic E-state index is 11.4. The van der Waals surface area contributed by atoms with E-state index < -0.39 is 48.8 Å². The zero-order valence-electron chi connectivity index (χ0n) is 25.5. The number of nitrogens with zero attached hydrogens (tertiary/aromatic N) is 2. The lowest BCUT2D eigenvalue weighted by Gasteiger charge is -2.13. The molecular formula is C29H36N4O14. The third-order valence-corrected chi connectivity index (χ3v) is 5.01. The van der Waals surface area contributed by atoms with Crippen LogP contribution in [-0.2, 0) is 67.0 Å². The van der Waals surface area contributed by atoms with Gasteiger partial charge in [-0.1, -0.05) is 12.3 Å². The van der Waals surface area contributed by atoms with Crippen molar-refractivity contribution in [2.75, 3.05) is 59.4 Å². The first-order valence-electron chi connectivity index (χ1n) is 13.8. The van der Waals surface area contributed by atoms with Crippen molar-refractivity contribution >= 4 is 47.3 Å². The molecule has 18 nitrogen and oxygen atoms in total. The molecule has 0 saturated carbocycles. The highest BCUT2D eigenvalue weighted by Gasteiger charge is 2.33. The number of carbonyl (C=O) groups excluding carboxylic acids is 8. The fraction of sp³-hybridized carbons (Fsp3) is 0.517. The summed E-state index contributed by atoms with van der Waals surface area (Å²) < 4.78 is 19.9.